The molecule has 5 heteroatoms. The minimum absolute atomic E-state index is 0.0725. The van der Waals surface area contributed by atoms with Gasteiger partial charge in [0.1, 0.15) is 11.6 Å². The van der Waals surface area contributed by atoms with Crippen molar-refractivity contribution in [3.05, 3.63) is 64.4 Å². The van der Waals surface area contributed by atoms with Crippen LogP contribution in [0.2, 0.25) is 5.02 Å². The lowest BCUT2D eigenvalue weighted by atomic mass is 10.2. The minimum Gasteiger partial charge on any atom is -0.506 e. The van der Waals surface area contributed by atoms with Crippen molar-refractivity contribution in [3.63, 3.8) is 0 Å². The maximum absolute atomic E-state index is 12.7. The van der Waals surface area contributed by atoms with Gasteiger partial charge >= 0.3 is 0 Å². The molecule has 0 aliphatic heterocycles. The van der Waals surface area contributed by atoms with E-state index in [9.17, 15) is 14.3 Å². The molecular weight excluding hydrogens is 269 g/mol. The molecule has 0 saturated carbocycles. The number of phenolic OH excluding ortho intramolecular Hbond substituents is 1. The third-order valence-electron chi connectivity index (χ3n) is 2.58. The second kappa shape index (κ2) is 5.71. The molecule has 2 aromatic carbocycles. The average Bonchev–Trinajstić information content (AvgIpc) is 2.41. The van der Waals surface area contributed by atoms with E-state index in [1.807, 2.05) is 0 Å². The van der Waals surface area contributed by atoms with Crippen LogP contribution in [0, 0.1) is 5.82 Å². The Bertz CT molecular complexity index is 599. The molecule has 19 heavy (non-hydrogen) atoms. The van der Waals surface area contributed by atoms with E-state index < -0.39 is 0 Å². The zero-order valence-electron chi connectivity index (χ0n) is 9.86. The van der Waals surface area contributed by atoms with Crippen molar-refractivity contribution in [2.24, 2.45) is 0 Å². The van der Waals surface area contributed by atoms with Crippen LogP contribution in [0.1, 0.15) is 15.9 Å². The fourth-order valence-electron chi connectivity index (χ4n) is 1.53. The highest BCUT2D eigenvalue weighted by Crippen LogP contribution is 2.23. The van der Waals surface area contributed by atoms with Crippen LogP contribution in [0.5, 0.6) is 5.75 Å². The van der Waals surface area contributed by atoms with Crippen molar-refractivity contribution in [2.75, 3.05) is 0 Å². The highest BCUT2D eigenvalue weighted by Gasteiger charge is 2.08. The third-order valence-corrected chi connectivity index (χ3v) is 2.88. The van der Waals surface area contributed by atoms with Gasteiger partial charge in [-0.1, -0.05) is 23.7 Å². The van der Waals surface area contributed by atoms with Crippen LogP contribution in [0.3, 0.4) is 0 Å². The number of rotatable bonds is 3. The molecule has 0 bridgehead atoms. The van der Waals surface area contributed by atoms with Gasteiger partial charge in [-0.05, 0) is 35.9 Å². The van der Waals surface area contributed by atoms with Gasteiger partial charge in [-0.25, -0.2) is 4.39 Å². The highest BCUT2D eigenvalue weighted by molar-refractivity contribution is 6.32. The number of hydrogen-bond donors (Lipinski definition) is 2. The Morgan fingerprint density at radius 3 is 2.53 bits per heavy atom. The topological polar surface area (TPSA) is 49.3 Å². The molecule has 0 aliphatic carbocycles. The van der Waals surface area contributed by atoms with Gasteiger partial charge in [-0.15, -0.1) is 0 Å². The second-order valence-corrected chi connectivity index (χ2v) is 4.38. The average molecular weight is 280 g/mol. The normalized spacial score (nSPS) is 10.2. The first-order valence-electron chi connectivity index (χ1n) is 5.57. The first-order valence-corrected chi connectivity index (χ1v) is 5.95. The number of phenols is 1. The number of amides is 1. The predicted octanol–water partition coefficient (Wildman–Crippen LogP) is 3.11. The number of carbonyl (C=O) groups is 1. The molecule has 0 atom stereocenters. The quantitative estimate of drug-likeness (QED) is 0.907. The van der Waals surface area contributed by atoms with Crippen LogP contribution in [0.4, 0.5) is 4.39 Å². The Labute approximate surface area is 114 Å². The summed E-state index contributed by atoms with van der Waals surface area (Å²) in [5.74, 6) is -0.705. The summed E-state index contributed by atoms with van der Waals surface area (Å²) in [5, 5.41) is 12.1. The molecule has 0 aromatic heterocycles. The van der Waals surface area contributed by atoms with Crippen LogP contribution in [-0.4, -0.2) is 11.0 Å². The van der Waals surface area contributed by atoms with Crippen molar-refractivity contribution >= 4 is 17.5 Å². The van der Waals surface area contributed by atoms with Gasteiger partial charge in [-0.2, -0.15) is 0 Å². The fourth-order valence-corrected chi connectivity index (χ4v) is 1.72. The number of halogens is 2. The van der Waals surface area contributed by atoms with E-state index in [2.05, 4.69) is 5.32 Å². The van der Waals surface area contributed by atoms with Crippen molar-refractivity contribution in [3.8, 4) is 5.75 Å². The van der Waals surface area contributed by atoms with Crippen LogP contribution in [0.15, 0.2) is 42.5 Å². The second-order valence-electron chi connectivity index (χ2n) is 3.98. The minimum atomic E-state index is -0.319. The first kappa shape index (κ1) is 13.4. The number of aromatic hydroxyl groups is 1. The molecule has 0 aliphatic rings. The van der Waals surface area contributed by atoms with Crippen molar-refractivity contribution < 1.29 is 14.3 Å². The Hall–Kier alpha value is -2.07. The zero-order chi connectivity index (χ0) is 13.8. The van der Waals surface area contributed by atoms with Crippen LogP contribution in [-0.2, 0) is 6.54 Å². The van der Waals surface area contributed by atoms with Gasteiger partial charge in [0, 0.05) is 12.1 Å². The summed E-state index contributed by atoms with van der Waals surface area (Å²) in [6.45, 7) is 0.289. The van der Waals surface area contributed by atoms with Gasteiger partial charge in [0.25, 0.3) is 5.91 Å². The molecule has 3 nitrogen and oxygen atoms in total. The Balaban J connectivity index is 2.01. The van der Waals surface area contributed by atoms with E-state index >= 15 is 0 Å². The monoisotopic (exact) mass is 279 g/mol. The van der Waals surface area contributed by atoms with E-state index in [1.54, 1.807) is 12.1 Å². The number of carbonyl (C=O) groups excluding carboxylic acids is 1. The lowest BCUT2D eigenvalue weighted by Gasteiger charge is -2.06. The maximum atomic E-state index is 12.7. The fraction of sp³-hybridized carbons (Fsp3) is 0.0714. The summed E-state index contributed by atoms with van der Waals surface area (Å²) in [6.07, 6.45) is 0. The molecule has 2 rings (SSSR count). The summed E-state index contributed by atoms with van der Waals surface area (Å²) >= 11 is 5.72. The maximum Gasteiger partial charge on any atom is 0.251 e. The largest absolute Gasteiger partial charge is 0.506 e. The lowest BCUT2D eigenvalue weighted by Crippen LogP contribution is -2.22. The SMILES string of the molecule is O=C(NCc1ccc(F)cc1)c1ccc(O)c(Cl)c1. The molecule has 2 aromatic rings. The van der Waals surface area contributed by atoms with E-state index in [0.717, 1.165) is 5.56 Å². The standard InChI is InChI=1S/C14H11ClFNO2/c15-12-7-10(3-6-13(12)18)14(19)17-8-9-1-4-11(16)5-2-9/h1-7,18H,8H2,(H,17,19). The Morgan fingerprint density at radius 1 is 1.21 bits per heavy atom. The summed E-state index contributed by atoms with van der Waals surface area (Å²) < 4.78 is 12.7. The molecule has 0 unspecified atom stereocenters. The first-order chi connectivity index (χ1) is 9.06. The van der Waals surface area contributed by atoms with Gasteiger partial charge < -0.3 is 10.4 Å². The van der Waals surface area contributed by atoms with E-state index in [-0.39, 0.29) is 29.0 Å². The van der Waals surface area contributed by atoms with Crippen LogP contribution < -0.4 is 5.32 Å². The summed E-state index contributed by atoms with van der Waals surface area (Å²) in [5.41, 5.74) is 1.14. The highest BCUT2D eigenvalue weighted by atomic mass is 35.5. The molecule has 98 valence electrons. The number of hydrogen-bond acceptors (Lipinski definition) is 2. The van der Waals surface area contributed by atoms with Gasteiger partial charge in [0.2, 0.25) is 0 Å². The summed E-state index contributed by atoms with van der Waals surface area (Å²) in [7, 11) is 0. The lowest BCUT2D eigenvalue weighted by molar-refractivity contribution is 0.0951. The van der Waals surface area contributed by atoms with Crippen LogP contribution in [0.25, 0.3) is 0 Å². The zero-order valence-corrected chi connectivity index (χ0v) is 10.6. The van der Waals surface area contributed by atoms with Gasteiger partial charge in [0.05, 0.1) is 5.02 Å². The van der Waals surface area contributed by atoms with Gasteiger partial charge in [0.15, 0.2) is 0 Å². The summed E-state index contributed by atoms with van der Waals surface area (Å²) in [6, 6.07) is 10.1. The van der Waals surface area contributed by atoms with Crippen LogP contribution >= 0.6 is 11.6 Å². The van der Waals surface area contributed by atoms with E-state index in [4.69, 9.17) is 11.6 Å². The van der Waals surface area contributed by atoms with Crippen molar-refractivity contribution in [2.45, 2.75) is 6.54 Å². The number of benzene rings is 2. The number of nitrogens with one attached hydrogen (secondary N) is 1. The molecule has 0 saturated heterocycles. The Kier molecular flexibility index (Phi) is 4.02. The Morgan fingerprint density at radius 2 is 1.89 bits per heavy atom. The molecule has 0 spiro atoms. The molecule has 0 radical (unpaired) electrons. The third kappa shape index (κ3) is 3.45. The molecule has 0 heterocycles. The summed E-state index contributed by atoms with van der Waals surface area (Å²) in [4.78, 5) is 11.8. The molecule has 0 fully saturated rings. The molecule has 1 amide bonds. The van der Waals surface area contributed by atoms with Gasteiger partial charge in [-0.3, -0.25) is 4.79 Å². The molecular formula is C14H11ClFNO2. The van der Waals surface area contributed by atoms with E-state index in [0.29, 0.717) is 5.56 Å². The van der Waals surface area contributed by atoms with Crippen molar-refractivity contribution in [1.29, 1.82) is 0 Å². The predicted molar refractivity (Wildman–Crippen MR) is 70.7 cm³/mol. The van der Waals surface area contributed by atoms with Crippen molar-refractivity contribution in [1.82, 2.24) is 5.32 Å². The van der Waals surface area contributed by atoms with E-state index in [1.165, 1.54) is 30.3 Å². The molecule has 2 N–H and O–H groups in total. The smallest absolute Gasteiger partial charge is 0.251 e.